The number of amides is 2. The van der Waals surface area contributed by atoms with Crippen molar-refractivity contribution in [2.24, 2.45) is 11.8 Å². The number of hydrogen-bond donors (Lipinski definition) is 2. The first kappa shape index (κ1) is 14.3. The summed E-state index contributed by atoms with van der Waals surface area (Å²) >= 11 is 0. The summed E-state index contributed by atoms with van der Waals surface area (Å²) in [6.45, 7) is 3.24. The van der Waals surface area contributed by atoms with Gasteiger partial charge in [0.15, 0.2) is 0 Å². The van der Waals surface area contributed by atoms with Crippen molar-refractivity contribution in [2.45, 2.75) is 45.1 Å². The van der Waals surface area contributed by atoms with Gasteiger partial charge < -0.3 is 15.3 Å². The van der Waals surface area contributed by atoms with Gasteiger partial charge in [0.2, 0.25) is 11.8 Å². The molecule has 1 saturated heterocycles. The van der Waals surface area contributed by atoms with Gasteiger partial charge >= 0.3 is 0 Å². The smallest absolute Gasteiger partial charge is 0.225 e. The Morgan fingerprint density at radius 1 is 1.32 bits per heavy atom. The Bertz CT molecular complexity index is 338. The van der Waals surface area contributed by atoms with Gasteiger partial charge in [0.1, 0.15) is 0 Å². The normalized spacial score (nSPS) is 24.9. The van der Waals surface area contributed by atoms with E-state index >= 15 is 0 Å². The monoisotopic (exact) mass is 268 g/mol. The molecule has 0 aromatic heterocycles. The first-order valence-electron chi connectivity index (χ1n) is 7.35. The minimum absolute atomic E-state index is 0.0193. The van der Waals surface area contributed by atoms with Crippen molar-refractivity contribution in [2.75, 3.05) is 19.7 Å². The number of carbonyl (C=O) groups excluding carboxylic acids is 2. The predicted octanol–water partition coefficient (Wildman–Crippen LogP) is 0.522. The van der Waals surface area contributed by atoms with E-state index in [2.05, 4.69) is 5.32 Å². The van der Waals surface area contributed by atoms with Gasteiger partial charge in [0.05, 0.1) is 18.6 Å². The molecule has 1 heterocycles. The van der Waals surface area contributed by atoms with Crippen LogP contribution < -0.4 is 5.32 Å². The van der Waals surface area contributed by atoms with Crippen LogP contribution in [-0.4, -0.2) is 47.6 Å². The van der Waals surface area contributed by atoms with Gasteiger partial charge in [-0.05, 0) is 32.1 Å². The lowest BCUT2D eigenvalue weighted by atomic mass is 9.96. The van der Waals surface area contributed by atoms with E-state index < -0.39 is 0 Å². The van der Waals surface area contributed by atoms with E-state index in [1.807, 2.05) is 11.8 Å². The quantitative estimate of drug-likeness (QED) is 0.764. The van der Waals surface area contributed by atoms with Crippen LogP contribution >= 0.6 is 0 Å². The van der Waals surface area contributed by atoms with Crippen LogP contribution in [0.2, 0.25) is 0 Å². The van der Waals surface area contributed by atoms with Crippen LogP contribution in [-0.2, 0) is 9.59 Å². The number of nitrogens with zero attached hydrogens (tertiary/aromatic N) is 1. The summed E-state index contributed by atoms with van der Waals surface area (Å²) in [4.78, 5) is 26.0. The molecule has 1 saturated carbocycles. The number of aliphatic hydroxyl groups is 1. The fourth-order valence-electron chi connectivity index (χ4n) is 2.58. The van der Waals surface area contributed by atoms with Gasteiger partial charge in [-0.25, -0.2) is 0 Å². The van der Waals surface area contributed by atoms with Crippen molar-refractivity contribution >= 4 is 11.8 Å². The van der Waals surface area contributed by atoms with Gasteiger partial charge in [-0.3, -0.25) is 9.59 Å². The number of likely N-dealkylation sites (tertiary alicyclic amines) is 1. The molecular formula is C14H24N2O3. The molecule has 1 aliphatic heterocycles. The van der Waals surface area contributed by atoms with Crippen LogP contribution in [0.25, 0.3) is 0 Å². The zero-order chi connectivity index (χ0) is 13.8. The summed E-state index contributed by atoms with van der Waals surface area (Å²) in [6.07, 6.45) is 4.47. The molecule has 0 bridgehead atoms. The van der Waals surface area contributed by atoms with Crippen LogP contribution in [0.1, 0.15) is 39.0 Å². The molecule has 2 aliphatic rings. The summed E-state index contributed by atoms with van der Waals surface area (Å²) in [5.74, 6) is 0.320. The van der Waals surface area contributed by atoms with Crippen molar-refractivity contribution in [3.05, 3.63) is 0 Å². The largest absolute Gasteiger partial charge is 0.394 e. The van der Waals surface area contributed by atoms with Crippen LogP contribution in [0.15, 0.2) is 0 Å². The molecule has 2 N–H and O–H groups in total. The van der Waals surface area contributed by atoms with Crippen molar-refractivity contribution in [1.82, 2.24) is 10.2 Å². The summed E-state index contributed by atoms with van der Waals surface area (Å²) in [5.41, 5.74) is 0. The molecule has 2 amide bonds. The van der Waals surface area contributed by atoms with Gasteiger partial charge in [-0.2, -0.15) is 0 Å². The molecule has 5 heteroatoms. The molecule has 1 aliphatic carbocycles. The molecule has 5 nitrogen and oxygen atoms in total. The Morgan fingerprint density at radius 2 is 2.05 bits per heavy atom. The zero-order valence-electron chi connectivity index (χ0n) is 11.6. The highest BCUT2D eigenvalue weighted by Gasteiger charge is 2.36. The standard InChI is InChI=1S/C14H24N2O3/c1-2-12(9-17)15-13(18)11-4-3-7-16(8-11)14(19)10-5-6-10/h10-12,17H,2-9H2,1H3,(H,15,18). The minimum atomic E-state index is -0.165. The lowest BCUT2D eigenvalue weighted by Crippen LogP contribution is -2.48. The second-order valence-corrected chi connectivity index (χ2v) is 5.69. The third kappa shape index (κ3) is 3.69. The van der Waals surface area contributed by atoms with E-state index in [1.54, 1.807) is 0 Å². The van der Waals surface area contributed by atoms with Crippen LogP contribution in [0.4, 0.5) is 0 Å². The highest BCUT2D eigenvalue weighted by Crippen LogP contribution is 2.32. The number of hydrogen-bond acceptors (Lipinski definition) is 3. The molecule has 2 rings (SSSR count). The molecule has 2 atom stereocenters. The lowest BCUT2D eigenvalue weighted by molar-refractivity contribution is -0.137. The Balaban J connectivity index is 1.85. The highest BCUT2D eigenvalue weighted by molar-refractivity contribution is 5.83. The number of nitrogens with one attached hydrogen (secondary N) is 1. The summed E-state index contributed by atoms with van der Waals surface area (Å²) < 4.78 is 0. The van der Waals surface area contributed by atoms with Crippen LogP contribution in [0.5, 0.6) is 0 Å². The first-order chi connectivity index (χ1) is 9.15. The highest BCUT2D eigenvalue weighted by atomic mass is 16.3. The van der Waals surface area contributed by atoms with Gasteiger partial charge in [-0.15, -0.1) is 0 Å². The molecular weight excluding hydrogens is 244 g/mol. The average Bonchev–Trinajstić information content (AvgIpc) is 3.28. The van der Waals surface area contributed by atoms with E-state index in [9.17, 15) is 9.59 Å². The first-order valence-corrected chi connectivity index (χ1v) is 7.35. The third-order valence-corrected chi connectivity index (χ3v) is 4.09. The van der Waals surface area contributed by atoms with Crippen molar-refractivity contribution in [3.8, 4) is 0 Å². The number of aliphatic hydroxyl groups excluding tert-OH is 1. The molecule has 0 aromatic carbocycles. The van der Waals surface area contributed by atoms with Crippen LogP contribution in [0.3, 0.4) is 0 Å². The third-order valence-electron chi connectivity index (χ3n) is 4.09. The van der Waals surface area contributed by atoms with E-state index in [0.29, 0.717) is 6.54 Å². The second kappa shape index (κ2) is 6.37. The van der Waals surface area contributed by atoms with E-state index in [-0.39, 0.29) is 36.3 Å². The molecule has 2 fully saturated rings. The molecule has 108 valence electrons. The topological polar surface area (TPSA) is 69.6 Å². The van der Waals surface area contributed by atoms with Crippen molar-refractivity contribution < 1.29 is 14.7 Å². The molecule has 0 aromatic rings. The molecule has 0 spiro atoms. The molecule has 0 radical (unpaired) electrons. The molecule has 19 heavy (non-hydrogen) atoms. The van der Waals surface area contributed by atoms with Gasteiger partial charge in [-0.1, -0.05) is 6.92 Å². The van der Waals surface area contributed by atoms with Crippen molar-refractivity contribution in [1.29, 1.82) is 0 Å². The van der Waals surface area contributed by atoms with Crippen molar-refractivity contribution in [3.63, 3.8) is 0 Å². The fourth-order valence-corrected chi connectivity index (χ4v) is 2.58. The second-order valence-electron chi connectivity index (χ2n) is 5.69. The number of carbonyl (C=O) groups is 2. The maximum absolute atomic E-state index is 12.1. The summed E-state index contributed by atoms with van der Waals surface area (Å²) in [7, 11) is 0. The summed E-state index contributed by atoms with van der Waals surface area (Å²) in [5, 5.41) is 12.0. The maximum Gasteiger partial charge on any atom is 0.225 e. The lowest BCUT2D eigenvalue weighted by Gasteiger charge is -2.32. The zero-order valence-corrected chi connectivity index (χ0v) is 11.6. The number of rotatable bonds is 5. The van der Waals surface area contributed by atoms with Gasteiger partial charge in [0.25, 0.3) is 0 Å². The maximum atomic E-state index is 12.1. The van der Waals surface area contributed by atoms with Gasteiger partial charge in [0, 0.05) is 19.0 Å². The van der Waals surface area contributed by atoms with E-state index in [4.69, 9.17) is 5.11 Å². The summed E-state index contributed by atoms with van der Waals surface area (Å²) in [6, 6.07) is -0.165. The average molecular weight is 268 g/mol. The number of piperidine rings is 1. The fraction of sp³-hybridized carbons (Fsp3) is 0.857. The SMILES string of the molecule is CCC(CO)NC(=O)C1CCCN(C(=O)C2CC2)C1. The van der Waals surface area contributed by atoms with E-state index in [1.165, 1.54) is 0 Å². The Hall–Kier alpha value is -1.10. The Morgan fingerprint density at radius 3 is 2.63 bits per heavy atom. The minimum Gasteiger partial charge on any atom is -0.394 e. The predicted molar refractivity (Wildman–Crippen MR) is 71.3 cm³/mol. The van der Waals surface area contributed by atoms with Crippen LogP contribution in [0, 0.1) is 11.8 Å². The Labute approximate surface area is 114 Å². The van der Waals surface area contributed by atoms with E-state index in [0.717, 1.165) is 38.6 Å². The Kier molecular flexibility index (Phi) is 4.80. The molecule has 2 unspecified atom stereocenters.